The van der Waals surface area contributed by atoms with E-state index >= 15 is 0 Å². The molecule has 1 atom stereocenters. The monoisotopic (exact) mass is 272 g/mol. The van der Waals surface area contributed by atoms with E-state index in [4.69, 9.17) is 0 Å². The van der Waals surface area contributed by atoms with Gasteiger partial charge in [0, 0.05) is 24.3 Å². The van der Waals surface area contributed by atoms with Gasteiger partial charge in [0.1, 0.15) is 5.84 Å². The molecule has 1 aromatic carbocycles. The lowest BCUT2D eigenvalue weighted by Crippen LogP contribution is -2.37. The molecule has 0 spiro atoms. The summed E-state index contributed by atoms with van der Waals surface area (Å²) in [5.41, 5.74) is 1.92. The van der Waals surface area contributed by atoms with Crippen molar-refractivity contribution in [1.82, 2.24) is 10.6 Å². The van der Waals surface area contributed by atoms with E-state index in [1.807, 2.05) is 24.3 Å². The molecule has 1 saturated heterocycles. The van der Waals surface area contributed by atoms with Crippen LogP contribution in [0.3, 0.4) is 0 Å². The van der Waals surface area contributed by atoms with E-state index in [1.165, 1.54) is 0 Å². The van der Waals surface area contributed by atoms with Crippen LogP contribution in [0.2, 0.25) is 0 Å². The van der Waals surface area contributed by atoms with Gasteiger partial charge in [0.05, 0.1) is 12.5 Å². The Bertz CT molecular complexity index is 503. The van der Waals surface area contributed by atoms with Crippen LogP contribution in [0.15, 0.2) is 29.3 Å². The van der Waals surface area contributed by atoms with Crippen molar-refractivity contribution >= 4 is 17.4 Å². The standard InChI is InChI=1S/C15H20N4O/c20-15(12-2-1-7-16-10-12)19-13-5-3-11(4-6-13)14-17-8-9-18-14/h3-6,12,16H,1-2,7-10H2,(H,17,18)(H,19,20). The molecule has 1 unspecified atom stereocenters. The minimum Gasteiger partial charge on any atom is -0.368 e. The summed E-state index contributed by atoms with van der Waals surface area (Å²) < 4.78 is 0. The van der Waals surface area contributed by atoms with Gasteiger partial charge in [0.15, 0.2) is 0 Å². The maximum Gasteiger partial charge on any atom is 0.228 e. The third-order valence-electron chi connectivity index (χ3n) is 3.77. The van der Waals surface area contributed by atoms with Crippen molar-refractivity contribution in [2.45, 2.75) is 12.8 Å². The summed E-state index contributed by atoms with van der Waals surface area (Å²) in [7, 11) is 0. The molecule has 2 heterocycles. The summed E-state index contributed by atoms with van der Waals surface area (Å²) in [6.45, 7) is 3.54. The predicted molar refractivity (Wildman–Crippen MR) is 80.1 cm³/mol. The van der Waals surface area contributed by atoms with Gasteiger partial charge in [0.2, 0.25) is 5.91 Å². The molecule has 1 fully saturated rings. The molecule has 0 aromatic heterocycles. The van der Waals surface area contributed by atoms with Crippen LogP contribution in [-0.2, 0) is 4.79 Å². The second-order valence-electron chi connectivity index (χ2n) is 5.27. The third-order valence-corrected chi connectivity index (χ3v) is 3.77. The van der Waals surface area contributed by atoms with Gasteiger partial charge in [-0.05, 0) is 43.7 Å². The van der Waals surface area contributed by atoms with Crippen molar-refractivity contribution in [2.24, 2.45) is 10.9 Å². The van der Waals surface area contributed by atoms with Gasteiger partial charge in [-0.25, -0.2) is 0 Å². The van der Waals surface area contributed by atoms with Crippen LogP contribution >= 0.6 is 0 Å². The van der Waals surface area contributed by atoms with Crippen LogP contribution in [0.1, 0.15) is 18.4 Å². The van der Waals surface area contributed by atoms with E-state index in [2.05, 4.69) is 20.9 Å². The maximum atomic E-state index is 12.1. The van der Waals surface area contributed by atoms with E-state index in [-0.39, 0.29) is 11.8 Å². The lowest BCUT2D eigenvalue weighted by atomic mass is 9.99. The molecule has 2 aliphatic rings. The first-order valence-electron chi connectivity index (χ1n) is 7.23. The number of aliphatic imine (C=N–C) groups is 1. The number of hydrogen-bond acceptors (Lipinski definition) is 4. The van der Waals surface area contributed by atoms with Gasteiger partial charge < -0.3 is 16.0 Å². The molecule has 0 aliphatic carbocycles. The average Bonchev–Trinajstić information content (AvgIpc) is 3.03. The summed E-state index contributed by atoms with van der Waals surface area (Å²) in [6, 6.07) is 7.86. The number of rotatable bonds is 3. The quantitative estimate of drug-likeness (QED) is 0.768. The van der Waals surface area contributed by atoms with Crippen molar-refractivity contribution in [3.8, 4) is 0 Å². The highest BCUT2D eigenvalue weighted by Crippen LogP contribution is 2.15. The second-order valence-corrected chi connectivity index (χ2v) is 5.27. The van der Waals surface area contributed by atoms with Crippen LogP contribution in [0.25, 0.3) is 0 Å². The number of benzene rings is 1. The van der Waals surface area contributed by atoms with E-state index in [0.717, 1.165) is 56.1 Å². The van der Waals surface area contributed by atoms with E-state index in [0.29, 0.717) is 0 Å². The van der Waals surface area contributed by atoms with Gasteiger partial charge in [-0.15, -0.1) is 0 Å². The van der Waals surface area contributed by atoms with Crippen molar-refractivity contribution in [3.63, 3.8) is 0 Å². The van der Waals surface area contributed by atoms with Crippen LogP contribution in [-0.4, -0.2) is 37.9 Å². The first-order chi connectivity index (χ1) is 9.83. The normalized spacial score (nSPS) is 22.0. The summed E-state index contributed by atoms with van der Waals surface area (Å²) in [4.78, 5) is 16.5. The minimum atomic E-state index is 0.0873. The van der Waals surface area contributed by atoms with Crippen LogP contribution in [0.5, 0.6) is 0 Å². The van der Waals surface area contributed by atoms with Crippen molar-refractivity contribution in [3.05, 3.63) is 29.8 Å². The number of amidine groups is 1. The first kappa shape index (κ1) is 13.1. The number of nitrogens with one attached hydrogen (secondary N) is 3. The number of carbonyl (C=O) groups is 1. The Kier molecular flexibility index (Phi) is 3.97. The van der Waals surface area contributed by atoms with Gasteiger partial charge >= 0.3 is 0 Å². The largest absolute Gasteiger partial charge is 0.368 e. The van der Waals surface area contributed by atoms with E-state index in [9.17, 15) is 4.79 Å². The fourth-order valence-corrected chi connectivity index (χ4v) is 2.62. The number of hydrogen-bond donors (Lipinski definition) is 3. The fraction of sp³-hybridized carbons (Fsp3) is 0.467. The Morgan fingerprint density at radius 3 is 2.75 bits per heavy atom. The molecule has 5 nitrogen and oxygen atoms in total. The number of anilines is 1. The minimum absolute atomic E-state index is 0.0873. The fourth-order valence-electron chi connectivity index (χ4n) is 2.62. The SMILES string of the molecule is O=C(Nc1ccc(C2=NCCN2)cc1)C1CCCNC1. The molecule has 5 heteroatoms. The molecule has 0 saturated carbocycles. The van der Waals surface area contributed by atoms with Gasteiger partial charge in [-0.1, -0.05) is 0 Å². The summed E-state index contributed by atoms with van der Waals surface area (Å²) in [6.07, 6.45) is 2.04. The van der Waals surface area contributed by atoms with Gasteiger partial charge in [-0.3, -0.25) is 9.79 Å². The van der Waals surface area contributed by atoms with Crippen LogP contribution in [0.4, 0.5) is 5.69 Å². The summed E-state index contributed by atoms with van der Waals surface area (Å²) in [5.74, 6) is 1.14. The molecular formula is C15H20N4O. The summed E-state index contributed by atoms with van der Waals surface area (Å²) in [5, 5.41) is 9.49. The Labute approximate surface area is 118 Å². The molecule has 2 aliphatic heterocycles. The zero-order valence-corrected chi connectivity index (χ0v) is 11.5. The number of piperidine rings is 1. The molecule has 3 N–H and O–H groups in total. The molecule has 0 bridgehead atoms. The smallest absolute Gasteiger partial charge is 0.228 e. The zero-order chi connectivity index (χ0) is 13.8. The first-order valence-corrected chi connectivity index (χ1v) is 7.23. The Morgan fingerprint density at radius 1 is 1.25 bits per heavy atom. The third kappa shape index (κ3) is 2.99. The van der Waals surface area contributed by atoms with Gasteiger partial charge in [0.25, 0.3) is 0 Å². The van der Waals surface area contributed by atoms with Crippen molar-refractivity contribution in [2.75, 3.05) is 31.5 Å². The number of nitrogens with zero attached hydrogens (tertiary/aromatic N) is 1. The lowest BCUT2D eigenvalue weighted by molar-refractivity contribution is -0.120. The second kappa shape index (κ2) is 6.05. The maximum absolute atomic E-state index is 12.1. The molecule has 0 radical (unpaired) electrons. The molecule has 3 rings (SSSR count). The topological polar surface area (TPSA) is 65.5 Å². The Morgan fingerprint density at radius 2 is 2.10 bits per heavy atom. The molecular weight excluding hydrogens is 252 g/mol. The molecule has 1 amide bonds. The predicted octanol–water partition coefficient (Wildman–Crippen LogP) is 0.974. The Hall–Kier alpha value is -1.88. The Balaban J connectivity index is 1.61. The number of carbonyl (C=O) groups excluding carboxylic acids is 1. The zero-order valence-electron chi connectivity index (χ0n) is 11.5. The van der Waals surface area contributed by atoms with Crippen molar-refractivity contribution < 1.29 is 4.79 Å². The van der Waals surface area contributed by atoms with E-state index in [1.54, 1.807) is 0 Å². The number of amides is 1. The van der Waals surface area contributed by atoms with Crippen LogP contribution < -0.4 is 16.0 Å². The average molecular weight is 272 g/mol. The molecule has 1 aromatic rings. The van der Waals surface area contributed by atoms with E-state index < -0.39 is 0 Å². The summed E-state index contributed by atoms with van der Waals surface area (Å²) >= 11 is 0. The highest BCUT2D eigenvalue weighted by atomic mass is 16.1. The molecule has 20 heavy (non-hydrogen) atoms. The lowest BCUT2D eigenvalue weighted by Gasteiger charge is -2.21. The van der Waals surface area contributed by atoms with Crippen LogP contribution in [0, 0.1) is 5.92 Å². The molecule has 106 valence electrons. The highest BCUT2D eigenvalue weighted by Gasteiger charge is 2.20. The van der Waals surface area contributed by atoms with Gasteiger partial charge in [-0.2, -0.15) is 0 Å². The van der Waals surface area contributed by atoms with Crippen molar-refractivity contribution in [1.29, 1.82) is 0 Å². The highest BCUT2D eigenvalue weighted by molar-refractivity contribution is 6.00.